The van der Waals surface area contributed by atoms with Gasteiger partial charge in [0.1, 0.15) is 5.82 Å². The Balaban J connectivity index is 1.92. The van der Waals surface area contributed by atoms with Crippen molar-refractivity contribution in [3.63, 3.8) is 0 Å². The highest BCUT2D eigenvalue weighted by Crippen LogP contribution is 2.29. The zero-order valence-corrected chi connectivity index (χ0v) is 12.2. The van der Waals surface area contributed by atoms with Gasteiger partial charge in [-0.1, -0.05) is 12.8 Å². The van der Waals surface area contributed by atoms with Crippen molar-refractivity contribution in [2.45, 2.75) is 30.6 Å². The largest absolute Gasteiger partial charge is 0.396 e. The lowest BCUT2D eigenvalue weighted by Gasteiger charge is -2.30. The molecule has 2 unspecified atom stereocenters. The molecule has 0 aromatic heterocycles. The number of amides is 1. The summed E-state index contributed by atoms with van der Waals surface area (Å²) in [6, 6.07) is 4.13. The first kappa shape index (κ1) is 15.3. The summed E-state index contributed by atoms with van der Waals surface area (Å²) in [5.74, 6) is -0.0496. The summed E-state index contributed by atoms with van der Waals surface area (Å²) in [5, 5.41) is 12.2. The Hall–Kier alpha value is -1.07. The molecule has 1 aliphatic rings. The summed E-state index contributed by atoms with van der Waals surface area (Å²) in [7, 11) is 0. The Labute approximate surface area is 124 Å². The number of nitrogens with one attached hydrogen (secondary N) is 1. The van der Waals surface area contributed by atoms with Gasteiger partial charge in [-0.25, -0.2) is 4.39 Å². The third kappa shape index (κ3) is 3.73. The zero-order valence-electron chi connectivity index (χ0n) is 11.3. The molecule has 1 saturated carbocycles. The molecule has 2 atom stereocenters. The average Bonchev–Trinajstić information content (AvgIpc) is 2.47. The Morgan fingerprint density at radius 3 is 2.70 bits per heavy atom. The van der Waals surface area contributed by atoms with E-state index in [1.165, 1.54) is 18.2 Å². The van der Waals surface area contributed by atoms with Gasteiger partial charge >= 0.3 is 0 Å². The molecule has 20 heavy (non-hydrogen) atoms. The van der Waals surface area contributed by atoms with Crippen LogP contribution in [0.1, 0.15) is 36.0 Å². The van der Waals surface area contributed by atoms with Crippen LogP contribution in [0, 0.1) is 17.7 Å². The molecular formula is C15H20FNO2S. The number of hydrogen-bond donors (Lipinski definition) is 3. The Morgan fingerprint density at radius 2 is 2.05 bits per heavy atom. The molecule has 1 aromatic carbocycles. The fourth-order valence-electron chi connectivity index (χ4n) is 2.77. The van der Waals surface area contributed by atoms with Crippen LogP contribution in [0.2, 0.25) is 0 Å². The highest BCUT2D eigenvalue weighted by atomic mass is 32.1. The van der Waals surface area contributed by atoms with E-state index in [4.69, 9.17) is 0 Å². The van der Waals surface area contributed by atoms with Gasteiger partial charge in [-0.15, -0.1) is 12.6 Å². The monoisotopic (exact) mass is 297 g/mol. The van der Waals surface area contributed by atoms with Crippen LogP contribution in [0.15, 0.2) is 23.1 Å². The number of aliphatic hydroxyl groups excluding tert-OH is 1. The summed E-state index contributed by atoms with van der Waals surface area (Å²) in [4.78, 5) is 12.2. The lowest BCUT2D eigenvalue weighted by Crippen LogP contribution is -2.35. The number of halogens is 1. The van der Waals surface area contributed by atoms with Gasteiger partial charge in [-0.05, 0) is 42.9 Å². The number of benzene rings is 1. The molecule has 0 bridgehead atoms. The summed E-state index contributed by atoms with van der Waals surface area (Å²) in [6.07, 6.45) is 4.35. The maximum Gasteiger partial charge on any atom is 0.251 e. The standard InChI is InChI=1S/C15H20FNO2S/c16-13-6-5-10(7-14(13)20)15(19)17-8-11-3-1-2-4-12(11)9-18/h5-7,11-12,18,20H,1-4,8-9H2,(H,17,19). The third-order valence-electron chi connectivity index (χ3n) is 4.03. The van der Waals surface area contributed by atoms with Crippen molar-refractivity contribution in [3.05, 3.63) is 29.6 Å². The molecule has 1 aromatic rings. The van der Waals surface area contributed by atoms with E-state index >= 15 is 0 Å². The normalized spacial score (nSPS) is 22.6. The molecule has 3 nitrogen and oxygen atoms in total. The van der Waals surface area contributed by atoms with Crippen LogP contribution >= 0.6 is 12.6 Å². The number of carbonyl (C=O) groups is 1. The van der Waals surface area contributed by atoms with Gasteiger partial charge in [0.25, 0.3) is 5.91 Å². The van der Waals surface area contributed by atoms with Crippen LogP contribution in [-0.2, 0) is 0 Å². The maximum absolute atomic E-state index is 13.1. The number of carbonyl (C=O) groups excluding carboxylic acids is 1. The van der Waals surface area contributed by atoms with Crippen molar-refractivity contribution in [1.82, 2.24) is 5.32 Å². The second-order valence-electron chi connectivity index (χ2n) is 5.36. The first-order valence-electron chi connectivity index (χ1n) is 6.99. The molecule has 1 fully saturated rings. The van der Waals surface area contributed by atoms with Gasteiger partial charge in [0.05, 0.1) is 0 Å². The summed E-state index contributed by atoms with van der Waals surface area (Å²) in [5.41, 5.74) is 0.410. The minimum atomic E-state index is -0.433. The van der Waals surface area contributed by atoms with E-state index in [2.05, 4.69) is 17.9 Å². The van der Waals surface area contributed by atoms with Gasteiger partial charge in [0.15, 0.2) is 0 Å². The predicted octanol–water partition coefficient (Wildman–Crippen LogP) is 2.64. The summed E-state index contributed by atoms with van der Waals surface area (Å²) >= 11 is 3.97. The van der Waals surface area contributed by atoms with E-state index in [9.17, 15) is 14.3 Å². The lowest BCUT2D eigenvalue weighted by atomic mass is 9.79. The fraction of sp³-hybridized carbons (Fsp3) is 0.533. The molecule has 0 aliphatic heterocycles. The minimum absolute atomic E-state index is 0.170. The highest BCUT2D eigenvalue weighted by molar-refractivity contribution is 7.80. The van der Waals surface area contributed by atoms with Crippen LogP contribution in [0.3, 0.4) is 0 Å². The van der Waals surface area contributed by atoms with Gasteiger partial charge in [-0.2, -0.15) is 0 Å². The molecular weight excluding hydrogens is 277 g/mol. The molecule has 110 valence electrons. The molecule has 5 heteroatoms. The molecule has 0 saturated heterocycles. The second kappa shape index (κ2) is 7.09. The number of hydrogen-bond acceptors (Lipinski definition) is 3. The number of thiol groups is 1. The van der Waals surface area contributed by atoms with Crippen molar-refractivity contribution < 1.29 is 14.3 Å². The molecule has 0 spiro atoms. The third-order valence-corrected chi connectivity index (χ3v) is 4.38. The number of aliphatic hydroxyl groups is 1. The Bertz CT molecular complexity index is 481. The average molecular weight is 297 g/mol. The second-order valence-corrected chi connectivity index (χ2v) is 5.85. The van der Waals surface area contributed by atoms with Gasteiger partial charge in [0.2, 0.25) is 0 Å². The van der Waals surface area contributed by atoms with Gasteiger partial charge in [-0.3, -0.25) is 4.79 Å². The number of rotatable bonds is 4. The molecule has 1 aliphatic carbocycles. The smallest absolute Gasteiger partial charge is 0.251 e. The quantitative estimate of drug-likeness (QED) is 0.748. The first-order chi connectivity index (χ1) is 9.61. The van der Waals surface area contributed by atoms with Crippen molar-refractivity contribution in [1.29, 1.82) is 0 Å². The van der Waals surface area contributed by atoms with E-state index in [1.54, 1.807) is 0 Å². The fourth-order valence-corrected chi connectivity index (χ4v) is 2.99. The van der Waals surface area contributed by atoms with Crippen LogP contribution < -0.4 is 5.32 Å². The van der Waals surface area contributed by atoms with Gasteiger partial charge in [0, 0.05) is 23.6 Å². The van der Waals surface area contributed by atoms with E-state index in [-0.39, 0.29) is 23.3 Å². The molecule has 2 N–H and O–H groups in total. The molecule has 0 heterocycles. The zero-order chi connectivity index (χ0) is 14.5. The van der Waals surface area contributed by atoms with Crippen LogP contribution in [0.5, 0.6) is 0 Å². The molecule has 2 rings (SSSR count). The summed E-state index contributed by atoms with van der Waals surface area (Å²) < 4.78 is 13.1. The Morgan fingerprint density at radius 1 is 1.35 bits per heavy atom. The van der Waals surface area contributed by atoms with Crippen molar-refractivity contribution in [2.75, 3.05) is 13.2 Å². The highest BCUT2D eigenvalue weighted by Gasteiger charge is 2.24. The lowest BCUT2D eigenvalue weighted by molar-refractivity contribution is 0.0909. The van der Waals surface area contributed by atoms with Crippen molar-refractivity contribution in [2.24, 2.45) is 11.8 Å². The SMILES string of the molecule is O=C(NCC1CCCCC1CO)c1ccc(F)c(S)c1. The van der Waals surface area contributed by atoms with Crippen LogP contribution in [-0.4, -0.2) is 24.2 Å². The van der Waals surface area contributed by atoms with E-state index in [0.29, 0.717) is 18.0 Å². The van der Waals surface area contributed by atoms with Gasteiger partial charge < -0.3 is 10.4 Å². The predicted molar refractivity (Wildman–Crippen MR) is 78.5 cm³/mol. The van der Waals surface area contributed by atoms with Crippen LogP contribution in [0.4, 0.5) is 4.39 Å². The molecule has 1 amide bonds. The molecule has 0 radical (unpaired) electrons. The summed E-state index contributed by atoms with van der Waals surface area (Å²) in [6.45, 7) is 0.737. The topological polar surface area (TPSA) is 49.3 Å². The van der Waals surface area contributed by atoms with E-state index in [0.717, 1.165) is 25.7 Å². The Kier molecular flexibility index (Phi) is 5.43. The minimum Gasteiger partial charge on any atom is -0.396 e. The van der Waals surface area contributed by atoms with E-state index < -0.39 is 5.82 Å². The van der Waals surface area contributed by atoms with Crippen molar-refractivity contribution >= 4 is 18.5 Å². The van der Waals surface area contributed by atoms with Crippen LogP contribution in [0.25, 0.3) is 0 Å². The first-order valence-corrected chi connectivity index (χ1v) is 7.44. The van der Waals surface area contributed by atoms with Crippen molar-refractivity contribution in [3.8, 4) is 0 Å². The van der Waals surface area contributed by atoms with E-state index in [1.807, 2.05) is 0 Å². The maximum atomic E-state index is 13.1.